The van der Waals surface area contributed by atoms with Crippen LogP contribution >= 0.6 is 0 Å². The van der Waals surface area contributed by atoms with Crippen LogP contribution in [0, 0.1) is 5.92 Å². The standard InChI is InChI=1S/C22H26N2O6S2/c1-22(16-12-14-30-15-13-16)19-6-4-5-7-20(19)24(21(22)25)32(28,29)18-10-8-17(9-11-18)31(26,27)23(2)3/h4-11,16H,12-15H2,1-3H3/t22-/m0/s1. The van der Waals surface area contributed by atoms with Gasteiger partial charge in [-0.15, -0.1) is 0 Å². The van der Waals surface area contributed by atoms with Gasteiger partial charge in [-0.2, -0.15) is 0 Å². The fourth-order valence-electron chi connectivity index (χ4n) is 4.53. The summed E-state index contributed by atoms with van der Waals surface area (Å²) in [7, 11) is -5.15. The maximum atomic E-state index is 13.7. The number of ether oxygens (including phenoxy) is 1. The van der Waals surface area contributed by atoms with Crippen LogP contribution in [-0.2, 0) is 35.0 Å². The summed E-state index contributed by atoms with van der Waals surface area (Å²) < 4.78 is 59.2. The molecule has 0 saturated carbocycles. The molecule has 1 amide bonds. The maximum absolute atomic E-state index is 13.7. The third-order valence-corrected chi connectivity index (χ3v) is 10.0. The number of fused-ring (bicyclic) bond motifs is 1. The zero-order valence-corrected chi connectivity index (χ0v) is 19.8. The van der Waals surface area contributed by atoms with E-state index < -0.39 is 31.4 Å². The summed E-state index contributed by atoms with van der Waals surface area (Å²) in [6, 6.07) is 11.9. The predicted octanol–water partition coefficient (Wildman–Crippen LogP) is 2.36. The molecule has 2 heterocycles. The second-order valence-corrected chi connectivity index (χ2v) is 12.4. The smallest absolute Gasteiger partial charge is 0.270 e. The van der Waals surface area contributed by atoms with Crippen LogP contribution in [0.25, 0.3) is 0 Å². The van der Waals surface area contributed by atoms with Gasteiger partial charge in [-0.05, 0) is 61.6 Å². The molecular formula is C22H26N2O6S2. The van der Waals surface area contributed by atoms with Gasteiger partial charge in [0.1, 0.15) is 0 Å². The summed E-state index contributed by atoms with van der Waals surface area (Å²) in [4.78, 5) is 13.6. The minimum absolute atomic E-state index is 0.0263. The quantitative estimate of drug-likeness (QED) is 0.654. The molecule has 2 aromatic carbocycles. The Kier molecular flexibility index (Phi) is 5.69. The van der Waals surface area contributed by atoms with Crippen LogP contribution in [0.3, 0.4) is 0 Å². The Labute approximate surface area is 188 Å². The molecule has 8 nitrogen and oxygen atoms in total. The molecule has 2 aromatic rings. The van der Waals surface area contributed by atoms with Crippen molar-refractivity contribution in [1.29, 1.82) is 0 Å². The van der Waals surface area contributed by atoms with Crippen LogP contribution in [0.1, 0.15) is 25.3 Å². The number of hydrogen-bond acceptors (Lipinski definition) is 6. The number of hydrogen-bond donors (Lipinski definition) is 0. The Morgan fingerprint density at radius 2 is 1.50 bits per heavy atom. The largest absolute Gasteiger partial charge is 0.381 e. The summed E-state index contributed by atoms with van der Waals surface area (Å²) in [5, 5.41) is 0. The second kappa shape index (κ2) is 7.95. The Hall–Kier alpha value is -2.27. The lowest BCUT2D eigenvalue weighted by atomic mass is 9.69. The summed E-state index contributed by atoms with van der Waals surface area (Å²) in [6.45, 7) is 2.88. The molecule has 0 spiro atoms. The van der Waals surface area contributed by atoms with E-state index in [1.54, 1.807) is 18.2 Å². The van der Waals surface area contributed by atoms with E-state index in [4.69, 9.17) is 4.74 Å². The molecule has 0 unspecified atom stereocenters. The van der Waals surface area contributed by atoms with Crippen molar-refractivity contribution in [3.8, 4) is 0 Å². The normalized spacial score (nSPS) is 22.4. The van der Waals surface area contributed by atoms with Gasteiger partial charge in [-0.1, -0.05) is 18.2 Å². The number of rotatable bonds is 5. The molecule has 0 N–H and O–H groups in total. The number of carbonyl (C=O) groups is 1. The lowest BCUT2D eigenvalue weighted by molar-refractivity contribution is -0.124. The molecule has 1 saturated heterocycles. The molecule has 4 rings (SSSR count). The Morgan fingerprint density at radius 3 is 2.09 bits per heavy atom. The first-order chi connectivity index (χ1) is 15.0. The highest BCUT2D eigenvalue weighted by atomic mass is 32.2. The lowest BCUT2D eigenvalue weighted by Crippen LogP contribution is -2.47. The third-order valence-electron chi connectivity index (χ3n) is 6.49. The molecule has 2 aliphatic heterocycles. The molecule has 2 aliphatic rings. The number of anilines is 1. The van der Waals surface area contributed by atoms with Crippen LogP contribution in [0.4, 0.5) is 5.69 Å². The summed E-state index contributed by atoms with van der Waals surface area (Å²) in [5.74, 6) is -0.534. The van der Waals surface area contributed by atoms with E-state index in [9.17, 15) is 21.6 Å². The van der Waals surface area contributed by atoms with Crippen LogP contribution in [0.15, 0.2) is 58.3 Å². The highest BCUT2D eigenvalue weighted by Crippen LogP contribution is 2.50. The minimum atomic E-state index is -4.25. The van der Waals surface area contributed by atoms with E-state index in [0.717, 1.165) is 8.61 Å². The van der Waals surface area contributed by atoms with Gasteiger partial charge >= 0.3 is 0 Å². The van der Waals surface area contributed by atoms with Crippen molar-refractivity contribution in [2.24, 2.45) is 5.92 Å². The van der Waals surface area contributed by atoms with Gasteiger partial charge in [-0.3, -0.25) is 4.79 Å². The van der Waals surface area contributed by atoms with Crippen molar-refractivity contribution in [2.75, 3.05) is 31.6 Å². The molecule has 0 aliphatic carbocycles. The van der Waals surface area contributed by atoms with Crippen molar-refractivity contribution >= 4 is 31.6 Å². The number of sulfonamides is 2. The molecular weight excluding hydrogens is 452 g/mol. The summed E-state index contributed by atoms with van der Waals surface area (Å²) in [5.41, 5.74) is 0.0468. The summed E-state index contributed by atoms with van der Waals surface area (Å²) >= 11 is 0. The highest BCUT2D eigenvalue weighted by molar-refractivity contribution is 7.93. The second-order valence-electron chi connectivity index (χ2n) is 8.44. The van der Waals surface area contributed by atoms with E-state index >= 15 is 0 Å². The van der Waals surface area contributed by atoms with E-state index in [-0.39, 0.29) is 15.7 Å². The molecule has 0 radical (unpaired) electrons. The monoisotopic (exact) mass is 478 g/mol. The topological polar surface area (TPSA) is 101 Å². The first-order valence-electron chi connectivity index (χ1n) is 10.3. The number of carbonyl (C=O) groups excluding carboxylic acids is 1. The number of para-hydroxylation sites is 1. The average molecular weight is 479 g/mol. The third kappa shape index (κ3) is 3.37. The summed E-state index contributed by atoms with van der Waals surface area (Å²) in [6.07, 6.45) is 1.34. The lowest BCUT2D eigenvalue weighted by Gasteiger charge is -2.35. The first-order valence-corrected chi connectivity index (χ1v) is 13.2. The molecule has 10 heteroatoms. The van der Waals surface area contributed by atoms with Crippen LogP contribution in [-0.4, -0.2) is 54.4 Å². The Balaban J connectivity index is 1.78. The van der Waals surface area contributed by atoms with Crippen molar-refractivity contribution in [1.82, 2.24) is 4.31 Å². The number of benzene rings is 2. The highest BCUT2D eigenvalue weighted by Gasteiger charge is 2.55. The van der Waals surface area contributed by atoms with Gasteiger partial charge in [-0.25, -0.2) is 25.4 Å². The maximum Gasteiger partial charge on any atom is 0.270 e. The van der Waals surface area contributed by atoms with E-state index in [0.29, 0.717) is 37.3 Å². The van der Waals surface area contributed by atoms with E-state index in [2.05, 4.69) is 0 Å². The van der Waals surface area contributed by atoms with Gasteiger partial charge in [0.2, 0.25) is 10.0 Å². The van der Waals surface area contributed by atoms with Crippen molar-refractivity contribution in [3.05, 3.63) is 54.1 Å². The molecule has 0 aromatic heterocycles. The molecule has 1 fully saturated rings. The zero-order chi connectivity index (χ0) is 23.3. The Morgan fingerprint density at radius 1 is 0.938 bits per heavy atom. The average Bonchev–Trinajstić information content (AvgIpc) is 3.03. The SMILES string of the molecule is CN(C)S(=O)(=O)c1ccc(S(=O)(=O)N2C(=O)[C@@](C)(C3CCOCC3)c3ccccc32)cc1. The van der Waals surface area contributed by atoms with Gasteiger partial charge in [0.25, 0.3) is 15.9 Å². The zero-order valence-electron chi connectivity index (χ0n) is 18.2. The fourth-order valence-corrected chi connectivity index (χ4v) is 6.95. The molecule has 32 heavy (non-hydrogen) atoms. The van der Waals surface area contributed by atoms with Gasteiger partial charge in [0, 0.05) is 27.3 Å². The molecule has 0 bridgehead atoms. The van der Waals surface area contributed by atoms with Gasteiger partial charge in [0.15, 0.2) is 0 Å². The van der Waals surface area contributed by atoms with Gasteiger partial charge < -0.3 is 4.74 Å². The van der Waals surface area contributed by atoms with Crippen molar-refractivity contribution in [3.63, 3.8) is 0 Å². The van der Waals surface area contributed by atoms with Crippen molar-refractivity contribution < 1.29 is 26.4 Å². The predicted molar refractivity (Wildman–Crippen MR) is 119 cm³/mol. The van der Waals surface area contributed by atoms with Gasteiger partial charge in [0.05, 0.1) is 20.9 Å². The first kappa shape index (κ1) is 22.9. The van der Waals surface area contributed by atoms with Crippen LogP contribution in [0.5, 0.6) is 0 Å². The van der Waals surface area contributed by atoms with E-state index in [1.807, 2.05) is 13.0 Å². The molecule has 172 valence electrons. The number of nitrogens with zero attached hydrogens (tertiary/aromatic N) is 2. The molecule has 1 atom stereocenters. The minimum Gasteiger partial charge on any atom is -0.381 e. The van der Waals surface area contributed by atoms with Crippen LogP contribution < -0.4 is 4.31 Å². The van der Waals surface area contributed by atoms with Crippen molar-refractivity contribution in [2.45, 2.75) is 35.0 Å². The fraction of sp³-hybridized carbons (Fsp3) is 0.409. The van der Waals surface area contributed by atoms with Crippen LogP contribution in [0.2, 0.25) is 0 Å². The van der Waals surface area contributed by atoms with E-state index in [1.165, 1.54) is 38.4 Å². The number of amides is 1. The Bertz CT molecular complexity index is 1250.